The van der Waals surface area contributed by atoms with E-state index in [1.54, 1.807) is 0 Å². The van der Waals surface area contributed by atoms with E-state index in [4.69, 9.17) is 14.2 Å². The van der Waals surface area contributed by atoms with Crippen molar-refractivity contribution in [1.29, 1.82) is 0 Å². The minimum atomic E-state index is -0.807. The molecule has 0 amide bonds. The molecule has 402 valence electrons. The first-order chi connectivity index (χ1) is 35.0. The molecule has 71 heavy (non-hydrogen) atoms. The maximum Gasteiger partial charge on any atom is 0.306 e. The lowest BCUT2D eigenvalue weighted by atomic mass is 10.1. The van der Waals surface area contributed by atoms with Crippen molar-refractivity contribution in [3.05, 3.63) is 122 Å². The summed E-state index contributed by atoms with van der Waals surface area (Å²) >= 11 is 0. The molecule has 0 saturated heterocycles. The summed E-state index contributed by atoms with van der Waals surface area (Å²) < 4.78 is 16.8. The number of carbonyl (C=O) groups is 3. The van der Waals surface area contributed by atoms with Crippen LogP contribution in [-0.2, 0) is 28.6 Å². The minimum Gasteiger partial charge on any atom is -0.462 e. The van der Waals surface area contributed by atoms with Crippen LogP contribution in [0.15, 0.2) is 122 Å². The molecule has 6 heteroatoms. The summed E-state index contributed by atoms with van der Waals surface area (Å²) in [5.74, 6) is -0.961. The Morgan fingerprint density at radius 3 is 0.887 bits per heavy atom. The normalized spacial score (nSPS) is 13.0. The van der Waals surface area contributed by atoms with Gasteiger partial charge in [0.2, 0.25) is 0 Å². The maximum atomic E-state index is 12.9. The molecular formula is C65H106O6. The molecule has 0 saturated carbocycles. The largest absolute Gasteiger partial charge is 0.462 e. The van der Waals surface area contributed by atoms with Gasteiger partial charge in [0.15, 0.2) is 6.10 Å². The van der Waals surface area contributed by atoms with Crippen molar-refractivity contribution in [2.24, 2.45) is 0 Å². The molecule has 0 bridgehead atoms. The highest BCUT2D eigenvalue weighted by molar-refractivity contribution is 5.71. The van der Waals surface area contributed by atoms with Crippen LogP contribution in [0.2, 0.25) is 0 Å². The van der Waals surface area contributed by atoms with Crippen LogP contribution < -0.4 is 0 Å². The summed E-state index contributed by atoms with van der Waals surface area (Å²) in [5, 5.41) is 0. The zero-order valence-electron chi connectivity index (χ0n) is 45.9. The monoisotopic (exact) mass is 983 g/mol. The van der Waals surface area contributed by atoms with E-state index in [-0.39, 0.29) is 31.1 Å². The van der Waals surface area contributed by atoms with Crippen molar-refractivity contribution >= 4 is 17.9 Å². The van der Waals surface area contributed by atoms with Gasteiger partial charge in [-0.05, 0) is 128 Å². The van der Waals surface area contributed by atoms with Crippen LogP contribution in [0.5, 0.6) is 0 Å². The summed E-state index contributed by atoms with van der Waals surface area (Å²) in [6, 6.07) is 0. The molecule has 0 aromatic carbocycles. The minimum absolute atomic E-state index is 0.102. The molecule has 0 aliphatic carbocycles. The van der Waals surface area contributed by atoms with E-state index >= 15 is 0 Å². The van der Waals surface area contributed by atoms with Gasteiger partial charge in [0, 0.05) is 19.3 Å². The van der Waals surface area contributed by atoms with Crippen LogP contribution in [0.3, 0.4) is 0 Å². The third-order valence-corrected chi connectivity index (χ3v) is 11.9. The number of esters is 3. The quantitative estimate of drug-likeness (QED) is 0.0261. The summed E-state index contributed by atoms with van der Waals surface area (Å²) in [7, 11) is 0. The molecule has 1 atom stereocenters. The van der Waals surface area contributed by atoms with Gasteiger partial charge in [-0.3, -0.25) is 14.4 Å². The van der Waals surface area contributed by atoms with E-state index in [0.717, 1.165) is 128 Å². The lowest BCUT2D eigenvalue weighted by Gasteiger charge is -2.18. The maximum absolute atomic E-state index is 12.9. The molecule has 0 aromatic rings. The fourth-order valence-corrected chi connectivity index (χ4v) is 7.63. The summed E-state index contributed by atoms with van der Waals surface area (Å²) in [6.07, 6.45) is 80.4. The van der Waals surface area contributed by atoms with Crippen molar-refractivity contribution in [2.75, 3.05) is 13.2 Å². The van der Waals surface area contributed by atoms with Crippen LogP contribution in [0.25, 0.3) is 0 Å². The SMILES string of the molecule is CC/C=C\C/C=C\C/C=C\C/C=C\CCCCCCCCCCC(=O)OCC(COC(=O)CCCC/C=C\C/C=C\C/C=C\C/C=C\CC)OC(=O)CCCCCCCCC/C=C\C/C=C\CCCCC. The fourth-order valence-electron chi connectivity index (χ4n) is 7.63. The summed E-state index contributed by atoms with van der Waals surface area (Å²) in [5.41, 5.74) is 0. The number of ether oxygens (including phenoxy) is 3. The Bertz CT molecular complexity index is 1500. The average Bonchev–Trinajstić information content (AvgIpc) is 3.37. The number of hydrogen-bond donors (Lipinski definition) is 0. The van der Waals surface area contributed by atoms with Gasteiger partial charge < -0.3 is 14.2 Å². The highest BCUT2D eigenvalue weighted by Crippen LogP contribution is 2.14. The molecule has 0 heterocycles. The third kappa shape index (κ3) is 56.6. The first kappa shape index (κ1) is 66.8. The Hall–Kier alpha value is -4.19. The molecule has 0 aromatic heterocycles. The Morgan fingerprint density at radius 2 is 0.549 bits per heavy atom. The second kappa shape index (κ2) is 58.4. The Morgan fingerprint density at radius 1 is 0.296 bits per heavy atom. The first-order valence-electron chi connectivity index (χ1n) is 29.0. The van der Waals surface area contributed by atoms with Crippen LogP contribution in [0.4, 0.5) is 0 Å². The molecule has 0 rings (SSSR count). The van der Waals surface area contributed by atoms with Gasteiger partial charge in [-0.25, -0.2) is 0 Å². The van der Waals surface area contributed by atoms with E-state index in [2.05, 4.69) is 142 Å². The molecule has 0 aliphatic rings. The average molecular weight is 984 g/mol. The van der Waals surface area contributed by atoms with E-state index in [9.17, 15) is 14.4 Å². The highest BCUT2D eigenvalue weighted by atomic mass is 16.6. The molecule has 0 radical (unpaired) electrons. The topological polar surface area (TPSA) is 78.9 Å². The highest BCUT2D eigenvalue weighted by Gasteiger charge is 2.19. The van der Waals surface area contributed by atoms with Crippen molar-refractivity contribution in [3.8, 4) is 0 Å². The van der Waals surface area contributed by atoms with Gasteiger partial charge in [-0.1, -0.05) is 226 Å². The van der Waals surface area contributed by atoms with Gasteiger partial charge in [0.1, 0.15) is 13.2 Å². The number of carbonyl (C=O) groups excluding carboxylic acids is 3. The lowest BCUT2D eigenvalue weighted by molar-refractivity contribution is -0.167. The van der Waals surface area contributed by atoms with Gasteiger partial charge in [-0.15, -0.1) is 0 Å². The molecule has 1 unspecified atom stereocenters. The van der Waals surface area contributed by atoms with Gasteiger partial charge in [-0.2, -0.15) is 0 Å². The Labute approximate surface area is 437 Å². The number of rotatable bonds is 51. The number of unbranched alkanes of at least 4 members (excludes halogenated alkanes) is 20. The molecule has 0 spiro atoms. The predicted octanol–water partition coefficient (Wildman–Crippen LogP) is 19.6. The van der Waals surface area contributed by atoms with E-state index in [0.29, 0.717) is 19.3 Å². The Balaban J connectivity index is 4.46. The number of hydrogen-bond acceptors (Lipinski definition) is 6. The second-order valence-electron chi connectivity index (χ2n) is 18.8. The zero-order chi connectivity index (χ0) is 51.4. The van der Waals surface area contributed by atoms with Crippen molar-refractivity contribution in [1.82, 2.24) is 0 Å². The van der Waals surface area contributed by atoms with Gasteiger partial charge in [0.05, 0.1) is 0 Å². The standard InChI is InChI=1S/C65H106O6/c1-4-7-10-13-16-19-22-25-28-30-31-32-33-35-37-40-43-46-49-52-55-58-64(67)70-61-62(60-69-63(66)57-54-51-48-45-42-39-36-27-24-21-18-15-12-9-6-3)71-65(68)59-56-53-50-47-44-41-38-34-29-26-23-20-17-14-11-8-5-2/h7,9-10,12,16-21,25-29,31-32,36,42,45,62H,4-6,8,11,13-15,22-24,30,33-35,37-41,43-44,46-61H2,1-3H3/b10-7-,12-9-,19-16-,20-17-,21-18-,28-25-,29-26-,32-31-,36-27-,45-42-. The first-order valence-corrected chi connectivity index (χ1v) is 29.0. The fraction of sp³-hybridized carbons (Fsp3) is 0.646. The van der Waals surface area contributed by atoms with E-state index in [1.165, 1.54) is 83.5 Å². The Kier molecular flexibility index (Phi) is 54.9. The van der Waals surface area contributed by atoms with Crippen molar-refractivity contribution in [3.63, 3.8) is 0 Å². The van der Waals surface area contributed by atoms with Gasteiger partial charge >= 0.3 is 17.9 Å². The molecular weight excluding hydrogens is 877 g/mol. The van der Waals surface area contributed by atoms with Gasteiger partial charge in [0.25, 0.3) is 0 Å². The van der Waals surface area contributed by atoms with Crippen LogP contribution >= 0.6 is 0 Å². The lowest BCUT2D eigenvalue weighted by Crippen LogP contribution is -2.30. The molecule has 0 aliphatic heterocycles. The predicted molar refractivity (Wildman–Crippen MR) is 306 cm³/mol. The third-order valence-electron chi connectivity index (χ3n) is 11.9. The second-order valence-corrected chi connectivity index (χ2v) is 18.8. The zero-order valence-corrected chi connectivity index (χ0v) is 45.9. The van der Waals surface area contributed by atoms with Crippen LogP contribution in [0.1, 0.15) is 252 Å². The van der Waals surface area contributed by atoms with E-state index in [1.807, 2.05) is 0 Å². The molecule has 6 nitrogen and oxygen atoms in total. The molecule has 0 fully saturated rings. The smallest absolute Gasteiger partial charge is 0.306 e. The van der Waals surface area contributed by atoms with Crippen molar-refractivity contribution < 1.29 is 28.6 Å². The van der Waals surface area contributed by atoms with E-state index < -0.39 is 6.10 Å². The van der Waals surface area contributed by atoms with Crippen LogP contribution in [-0.4, -0.2) is 37.2 Å². The summed E-state index contributed by atoms with van der Waals surface area (Å²) in [6.45, 7) is 6.34. The number of allylic oxidation sites excluding steroid dienone is 20. The summed E-state index contributed by atoms with van der Waals surface area (Å²) in [4.78, 5) is 38.2. The van der Waals surface area contributed by atoms with Crippen LogP contribution in [0, 0.1) is 0 Å². The molecule has 0 N–H and O–H groups in total. The van der Waals surface area contributed by atoms with Crippen molar-refractivity contribution in [2.45, 2.75) is 258 Å².